The van der Waals surface area contributed by atoms with Crippen LogP contribution in [-0.2, 0) is 9.53 Å². The maximum atomic E-state index is 15.5. The van der Waals surface area contributed by atoms with Crippen molar-refractivity contribution in [3.05, 3.63) is 119 Å². The SMILES string of the molecule is C=CC(=O)OCCCOc1ccc(-c2c(C=N)cc(-c3ccc(/C=C/c4ccc(F)c(OCCCCC)c4)cc3)c(F)c2F)c(F)c1. The van der Waals surface area contributed by atoms with Crippen LogP contribution in [0.25, 0.3) is 34.4 Å². The van der Waals surface area contributed by atoms with Gasteiger partial charge in [-0.2, -0.15) is 0 Å². The van der Waals surface area contributed by atoms with Crippen molar-refractivity contribution in [3.8, 4) is 33.8 Å². The third kappa shape index (κ3) is 9.19. The molecule has 9 heteroatoms. The first kappa shape index (κ1) is 34.7. The van der Waals surface area contributed by atoms with E-state index in [1.54, 1.807) is 48.6 Å². The highest BCUT2D eigenvalue weighted by Crippen LogP contribution is 2.36. The standard InChI is InChI=1S/C38H35F4NO4/c1-3-5-6-18-46-34-21-26(12-17-32(34)39)9-8-25-10-13-27(14-11-25)31-22-28(24-43)36(38(42)37(31)41)30-16-15-29(23-33(30)40)45-19-7-20-47-35(44)4-2/h4,8-17,21-24,43H,2-3,5-7,18-20H2,1H3/b9-8+,43-24?. The Kier molecular flexibility index (Phi) is 12.5. The molecule has 0 aromatic heterocycles. The smallest absolute Gasteiger partial charge is 0.330 e. The molecular weight excluding hydrogens is 610 g/mol. The Morgan fingerprint density at radius 2 is 1.49 bits per heavy atom. The summed E-state index contributed by atoms with van der Waals surface area (Å²) >= 11 is 0. The summed E-state index contributed by atoms with van der Waals surface area (Å²) in [5, 5.41) is 7.86. The normalized spacial score (nSPS) is 11.0. The second-order valence-electron chi connectivity index (χ2n) is 10.6. The van der Waals surface area contributed by atoms with Gasteiger partial charge < -0.3 is 19.6 Å². The van der Waals surface area contributed by atoms with Crippen LogP contribution in [0.5, 0.6) is 11.5 Å². The van der Waals surface area contributed by atoms with Gasteiger partial charge in [0, 0.05) is 47.0 Å². The number of unbranched alkanes of at least 4 members (excludes halogenated alkanes) is 2. The van der Waals surface area contributed by atoms with E-state index in [2.05, 4.69) is 13.5 Å². The van der Waals surface area contributed by atoms with Crippen molar-refractivity contribution < 1.29 is 36.6 Å². The Balaban J connectivity index is 1.49. The van der Waals surface area contributed by atoms with Gasteiger partial charge in [-0.3, -0.25) is 0 Å². The van der Waals surface area contributed by atoms with Gasteiger partial charge in [0.1, 0.15) is 11.6 Å². The molecule has 0 amide bonds. The second kappa shape index (κ2) is 16.9. The number of benzene rings is 4. The van der Waals surface area contributed by atoms with Crippen molar-refractivity contribution in [3.63, 3.8) is 0 Å². The summed E-state index contributed by atoms with van der Waals surface area (Å²) in [6.07, 6.45) is 8.72. The van der Waals surface area contributed by atoms with Crippen molar-refractivity contribution in [1.82, 2.24) is 0 Å². The van der Waals surface area contributed by atoms with Crippen LogP contribution in [0, 0.1) is 28.7 Å². The van der Waals surface area contributed by atoms with Gasteiger partial charge in [0.25, 0.3) is 0 Å². The number of esters is 1. The van der Waals surface area contributed by atoms with Gasteiger partial charge in [-0.1, -0.05) is 68.8 Å². The Labute approximate surface area is 271 Å². The third-order valence-electron chi connectivity index (χ3n) is 7.22. The molecule has 1 N–H and O–H groups in total. The van der Waals surface area contributed by atoms with Crippen LogP contribution in [0.15, 0.2) is 79.4 Å². The molecule has 5 nitrogen and oxygen atoms in total. The Hall–Kier alpha value is -5.18. The van der Waals surface area contributed by atoms with E-state index < -0.39 is 29.2 Å². The minimum atomic E-state index is -1.29. The molecule has 0 saturated heterocycles. The summed E-state index contributed by atoms with van der Waals surface area (Å²) in [4.78, 5) is 11.1. The Morgan fingerprint density at radius 1 is 0.766 bits per heavy atom. The van der Waals surface area contributed by atoms with E-state index in [4.69, 9.17) is 19.6 Å². The van der Waals surface area contributed by atoms with E-state index in [1.807, 2.05) is 0 Å². The summed E-state index contributed by atoms with van der Waals surface area (Å²) in [7, 11) is 0. The molecule has 0 saturated carbocycles. The summed E-state index contributed by atoms with van der Waals surface area (Å²) in [5.41, 5.74) is 1.16. The Bertz CT molecular complexity index is 1750. The zero-order valence-electron chi connectivity index (χ0n) is 26.0. The predicted octanol–water partition coefficient (Wildman–Crippen LogP) is 9.81. The zero-order chi connectivity index (χ0) is 33.8. The van der Waals surface area contributed by atoms with Crippen molar-refractivity contribution in [1.29, 1.82) is 5.41 Å². The number of rotatable bonds is 16. The van der Waals surface area contributed by atoms with Crippen molar-refractivity contribution in [2.45, 2.75) is 32.6 Å². The maximum absolute atomic E-state index is 15.5. The fraction of sp³-hybridized carbons (Fsp3) is 0.211. The number of halogens is 4. The van der Waals surface area contributed by atoms with Gasteiger partial charge in [-0.05, 0) is 53.4 Å². The lowest BCUT2D eigenvalue weighted by molar-refractivity contribution is -0.137. The molecule has 0 fully saturated rings. The molecule has 0 heterocycles. The molecule has 0 bridgehead atoms. The van der Waals surface area contributed by atoms with Crippen LogP contribution in [0.3, 0.4) is 0 Å². The van der Waals surface area contributed by atoms with Crippen LogP contribution in [0.4, 0.5) is 17.6 Å². The molecule has 4 aromatic rings. The van der Waals surface area contributed by atoms with E-state index in [0.717, 1.165) is 48.7 Å². The minimum absolute atomic E-state index is 0.0106. The molecule has 244 valence electrons. The molecule has 4 rings (SSSR count). The lowest BCUT2D eigenvalue weighted by atomic mass is 9.93. The molecule has 0 aliphatic carbocycles. The molecular formula is C38H35F4NO4. The summed E-state index contributed by atoms with van der Waals surface area (Å²) in [6, 6.07) is 16.3. The average molecular weight is 646 g/mol. The van der Waals surface area contributed by atoms with E-state index in [-0.39, 0.29) is 47.0 Å². The summed E-state index contributed by atoms with van der Waals surface area (Å²) < 4.78 is 76.2. The van der Waals surface area contributed by atoms with Crippen molar-refractivity contribution in [2.24, 2.45) is 0 Å². The first-order valence-electron chi connectivity index (χ1n) is 15.2. The minimum Gasteiger partial charge on any atom is -0.493 e. The van der Waals surface area contributed by atoms with Gasteiger partial charge in [0.2, 0.25) is 0 Å². The lowest BCUT2D eigenvalue weighted by Gasteiger charge is -2.14. The van der Waals surface area contributed by atoms with Crippen LogP contribution >= 0.6 is 0 Å². The first-order valence-corrected chi connectivity index (χ1v) is 15.2. The summed E-state index contributed by atoms with van der Waals surface area (Å²) in [5.74, 6) is -3.98. The van der Waals surface area contributed by atoms with E-state index >= 15 is 13.2 Å². The zero-order valence-corrected chi connectivity index (χ0v) is 26.0. The lowest BCUT2D eigenvalue weighted by Crippen LogP contribution is -2.07. The highest BCUT2D eigenvalue weighted by molar-refractivity contribution is 5.92. The average Bonchev–Trinajstić information content (AvgIpc) is 3.08. The van der Waals surface area contributed by atoms with Gasteiger partial charge in [0.15, 0.2) is 23.2 Å². The number of carbonyl (C=O) groups is 1. The van der Waals surface area contributed by atoms with Crippen molar-refractivity contribution in [2.75, 3.05) is 19.8 Å². The third-order valence-corrected chi connectivity index (χ3v) is 7.22. The van der Waals surface area contributed by atoms with Gasteiger partial charge >= 0.3 is 5.97 Å². The molecule has 47 heavy (non-hydrogen) atoms. The maximum Gasteiger partial charge on any atom is 0.330 e. The first-order chi connectivity index (χ1) is 22.7. The highest BCUT2D eigenvalue weighted by atomic mass is 19.2. The molecule has 0 aliphatic rings. The monoisotopic (exact) mass is 645 g/mol. The number of ether oxygens (including phenoxy) is 3. The quantitative estimate of drug-likeness (QED) is 0.0329. The topological polar surface area (TPSA) is 68.6 Å². The van der Waals surface area contributed by atoms with Crippen molar-refractivity contribution >= 4 is 24.3 Å². The number of hydrogen-bond donors (Lipinski definition) is 1. The van der Waals surface area contributed by atoms with Gasteiger partial charge in [-0.15, -0.1) is 0 Å². The van der Waals surface area contributed by atoms with Crippen LogP contribution < -0.4 is 9.47 Å². The fourth-order valence-electron chi connectivity index (χ4n) is 4.75. The van der Waals surface area contributed by atoms with Gasteiger partial charge in [-0.25, -0.2) is 22.4 Å². The van der Waals surface area contributed by atoms with E-state index in [9.17, 15) is 9.18 Å². The van der Waals surface area contributed by atoms with Gasteiger partial charge in [0.05, 0.1) is 19.8 Å². The predicted molar refractivity (Wildman–Crippen MR) is 177 cm³/mol. The molecule has 4 aromatic carbocycles. The molecule has 0 radical (unpaired) electrons. The second-order valence-corrected chi connectivity index (χ2v) is 10.6. The van der Waals surface area contributed by atoms with Crippen LogP contribution in [0.1, 0.15) is 49.3 Å². The molecule has 0 unspecified atom stereocenters. The van der Waals surface area contributed by atoms with Crippen LogP contribution in [-0.4, -0.2) is 32.0 Å². The molecule has 0 atom stereocenters. The Morgan fingerprint density at radius 3 is 2.19 bits per heavy atom. The highest BCUT2D eigenvalue weighted by Gasteiger charge is 2.22. The summed E-state index contributed by atoms with van der Waals surface area (Å²) in [6.45, 7) is 6.04. The number of nitrogens with one attached hydrogen (secondary N) is 1. The molecule has 0 spiro atoms. The largest absolute Gasteiger partial charge is 0.493 e. The number of hydrogen-bond acceptors (Lipinski definition) is 5. The number of carbonyl (C=O) groups excluding carboxylic acids is 1. The van der Waals surface area contributed by atoms with E-state index in [0.29, 0.717) is 18.6 Å². The molecule has 0 aliphatic heterocycles. The van der Waals surface area contributed by atoms with E-state index in [1.165, 1.54) is 24.3 Å². The fourth-order valence-corrected chi connectivity index (χ4v) is 4.75. The van der Waals surface area contributed by atoms with Crippen LogP contribution in [0.2, 0.25) is 0 Å².